The number of thiophene rings is 1. The van der Waals surface area contributed by atoms with E-state index in [9.17, 15) is 9.59 Å². The van der Waals surface area contributed by atoms with E-state index in [0.717, 1.165) is 23.3 Å². The van der Waals surface area contributed by atoms with Gasteiger partial charge in [-0.05, 0) is 41.3 Å². The molecular formula is C23H28N2O2S. The van der Waals surface area contributed by atoms with Crippen molar-refractivity contribution >= 4 is 23.2 Å². The van der Waals surface area contributed by atoms with Crippen molar-refractivity contribution < 1.29 is 9.59 Å². The molecule has 0 spiro atoms. The van der Waals surface area contributed by atoms with E-state index in [-0.39, 0.29) is 29.8 Å². The maximum absolute atomic E-state index is 13.6. The molecule has 4 rings (SSSR count). The van der Waals surface area contributed by atoms with E-state index in [2.05, 4.69) is 19.2 Å². The first kappa shape index (κ1) is 19.2. The summed E-state index contributed by atoms with van der Waals surface area (Å²) in [6.07, 6.45) is 3.42. The standard InChI is InChI=1S/C23H28N2O2S/c1-14-8-6-11-18(15(14)2)24-22(26)20-16-9-4-5-10-17(16)23(27)25(3)21(20)19-12-7-13-28-19/h4-5,7,9-10,12-15,18,20-21H,6,8,11H2,1-3H3,(H,24,26)/t14-,15+,18+,20-,21-/m1/s1. The number of rotatable bonds is 3. The van der Waals surface area contributed by atoms with Crippen molar-refractivity contribution in [3.8, 4) is 0 Å². The molecule has 1 N–H and O–H groups in total. The van der Waals surface area contributed by atoms with E-state index in [0.29, 0.717) is 17.4 Å². The number of fused-ring (bicyclic) bond motifs is 1. The Morgan fingerprint density at radius 1 is 1.14 bits per heavy atom. The minimum Gasteiger partial charge on any atom is -0.352 e. The molecule has 1 aromatic carbocycles. The molecule has 0 bridgehead atoms. The van der Waals surface area contributed by atoms with Gasteiger partial charge in [-0.15, -0.1) is 11.3 Å². The van der Waals surface area contributed by atoms with Gasteiger partial charge < -0.3 is 10.2 Å². The Labute approximate surface area is 170 Å². The molecule has 5 atom stereocenters. The molecular weight excluding hydrogens is 368 g/mol. The number of carbonyl (C=O) groups excluding carboxylic acids is 2. The quantitative estimate of drug-likeness (QED) is 0.824. The number of hydrogen-bond donors (Lipinski definition) is 1. The Hall–Kier alpha value is -2.14. The van der Waals surface area contributed by atoms with Gasteiger partial charge in [-0.2, -0.15) is 0 Å². The van der Waals surface area contributed by atoms with Gasteiger partial charge in [-0.3, -0.25) is 9.59 Å². The summed E-state index contributed by atoms with van der Waals surface area (Å²) in [5, 5.41) is 5.37. The van der Waals surface area contributed by atoms with E-state index in [1.54, 1.807) is 16.2 Å². The van der Waals surface area contributed by atoms with E-state index < -0.39 is 0 Å². The SMILES string of the molecule is C[C@H]1[C@H](C)CCC[C@@H]1NC(=O)[C@@H]1c2ccccc2C(=O)N(C)[C@@H]1c1cccs1. The molecule has 1 aliphatic heterocycles. The molecule has 28 heavy (non-hydrogen) atoms. The zero-order chi connectivity index (χ0) is 19.8. The third-order valence-corrected chi connectivity index (χ3v) is 7.67. The average molecular weight is 397 g/mol. The maximum atomic E-state index is 13.6. The summed E-state index contributed by atoms with van der Waals surface area (Å²) in [6, 6.07) is 11.5. The number of likely N-dealkylation sites (N-methyl/N-ethyl adjacent to an activating group) is 1. The highest BCUT2D eigenvalue weighted by atomic mass is 32.1. The predicted molar refractivity (Wildman–Crippen MR) is 112 cm³/mol. The summed E-state index contributed by atoms with van der Waals surface area (Å²) in [4.78, 5) is 29.4. The van der Waals surface area contributed by atoms with Crippen LogP contribution in [0.3, 0.4) is 0 Å². The summed E-state index contributed by atoms with van der Waals surface area (Å²) in [5.41, 5.74) is 1.49. The second-order valence-electron chi connectivity index (χ2n) is 8.32. The van der Waals surface area contributed by atoms with Crippen molar-refractivity contribution in [2.45, 2.75) is 51.1 Å². The fourth-order valence-corrected chi connectivity index (χ4v) is 5.74. The first-order chi connectivity index (χ1) is 13.5. The van der Waals surface area contributed by atoms with Crippen molar-refractivity contribution in [1.82, 2.24) is 10.2 Å². The van der Waals surface area contributed by atoms with Gasteiger partial charge in [0.15, 0.2) is 0 Å². The van der Waals surface area contributed by atoms with Gasteiger partial charge in [-0.25, -0.2) is 0 Å². The number of hydrogen-bond acceptors (Lipinski definition) is 3. The van der Waals surface area contributed by atoms with Gasteiger partial charge in [0.05, 0.1) is 12.0 Å². The van der Waals surface area contributed by atoms with Crippen LogP contribution < -0.4 is 5.32 Å². The Morgan fingerprint density at radius 2 is 1.93 bits per heavy atom. The van der Waals surface area contributed by atoms with E-state index in [4.69, 9.17) is 0 Å². The number of carbonyl (C=O) groups is 2. The van der Waals surface area contributed by atoms with Crippen molar-refractivity contribution in [2.75, 3.05) is 7.05 Å². The molecule has 0 unspecified atom stereocenters. The molecule has 148 valence electrons. The van der Waals surface area contributed by atoms with Crippen LogP contribution in [-0.2, 0) is 4.79 Å². The molecule has 0 radical (unpaired) electrons. The van der Waals surface area contributed by atoms with Crippen LogP contribution in [0.2, 0.25) is 0 Å². The third-order valence-electron chi connectivity index (χ3n) is 6.73. The lowest BCUT2D eigenvalue weighted by molar-refractivity contribution is -0.125. The topological polar surface area (TPSA) is 49.4 Å². The molecule has 1 fully saturated rings. The van der Waals surface area contributed by atoms with Gasteiger partial charge in [0, 0.05) is 23.5 Å². The van der Waals surface area contributed by atoms with Gasteiger partial charge >= 0.3 is 0 Å². The summed E-state index contributed by atoms with van der Waals surface area (Å²) in [5.74, 6) is 0.724. The normalized spacial score (nSPS) is 30.0. The van der Waals surface area contributed by atoms with Crippen LogP contribution in [0.25, 0.3) is 0 Å². The Bertz CT molecular complexity index is 863. The lowest BCUT2D eigenvalue weighted by atomic mass is 9.77. The van der Waals surface area contributed by atoms with Crippen molar-refractivity contribution in [3.05, 3.63) is 57.8 Å². The van der Waals surface area contributed by atoms with Crippen LogP contribution in [0.15, 0.2) is 41.8 Å². The Kier molecular flexibility index (Phi) is 5.28. The molecule has 2 aliphatic rings. The van der Waals surface area contributed by atoms with Crippen LogP contribution >= 0.6 is 11.3 Å². The molecule has 2 heterocycles. The minimum absolute atomic E-state index is 0.0160. The highest BCUT2D eigenvalue weighted by molar-refractivity contribution is 7.10. The summed E-state index contributed by atoms with van der Waals surface area (Å²) >= 11 is 1.60. The van der Waals surface area contributed by atoms with Crippen molar-refractivity contribution in [2.24, 2.45) is 11.8 Å². The van der Waals surface area contributed by atoms with Crippen molar-refractivity contribution in [1.29, 1.82) is 0 Å². The smallest absolute Gasteiger partial charge is 0.254 e. The highest BCUT2D eigenvalue weighted by Gasteiger charge is 2.44. The molecule has 5 heteroatoms. The summed E-state index contributed by atoms with van der Waals surface area (Å²) in [7, 11) is 1.81. The predicted octanol–water partition coefficient (Wildman–Crippen LogP) is 4.60. The van der Waals surface area contributed by atoms with Gasteiger partial charge in [0.2, 0.25) is 5.91 Å². The lowest BCUT2D eigenvalue weighted by Gasteiger charge is -2.41. The first-order valence-electron chi connectivity index (χ1n) is 10.2. The maximum Gasteiger partial charge on any atom is 0.254 e. The zero-order valence-electron chi connectivity index (χ0n) is 16.7. The highest BCUT2D eigenvalue weighted by Crippen LogP contribution is 2.43. The number of nitrogens with zero attached hydrogens (tertiary/aromatic N) is 1. The molecule has 2 amide bonds. The van der Waals surface area contributed by atoms with Crippen LogP contribution in [0.5, 0.6) is 0 Å². The number of benzene rings is 1. The van der Waals surface area contributed by atoms with E-state index >= 15 is 0 Å². The Balaban J connectivity index is 1.71. The van der Waals surface area contributed by atoms with E-state index in [1.807, 2.05) is 48.8 Å². The van der Waals surface area contributed by atoms with Crippen LogP contribution in [0.1, 0.15) is 65.9 Å². The number of amides is 2. The largest absolute Gasteiger partial charge is 0.352 e. The summed E-state index contributed by atoms with van der Waals surface area (Å²) in [6.45, 7) is 4.52. The first-order valence-corrected chi connectivity index (χ1v) is 11.1. The molecule has 0 saturated heterocycles. The third kappa shape index (κ3) is 3.26. The minimum atomic E-state index is -0.387. The fraction of sp³-hybridized carbons (Fsp3) is 0.478. The molecule has 1 saturated carbocycles. The second kappa shape index (κ2) is 7.70. The summed E-state index contributed by atoms with van der Waals surface area (Å²) < 4.78 is 0. The van der Waals surface area contributed by atoms with Crippen LogP contribution in [-0.4, -0.2) is 29.8 Å². The van der Waals surface area contributed by atoms with Crippen LogP contribution in [0, 0.1) is 11.8 Å². The molecule has 1 aromatic heterocycles. The average Bonchev–Trinajstić information content (AvgIpc) is 3.22. The Morgan fingerprint density at radius 3 is 2.68 bits per heavy atom. The lowest BCUT2D eigenvalue weighted by Crippen LogP contribution is -2.50. The van der Waals surface area contributed by atoms with Gasteiger partial charge in [0.1, 0.15) is 0 Å². The van der Waals surface area contributed by atoms with Crippen LogP contribution in [0.4, 0.5) is 0 Å². The monoisotopic (exact) mass is 396 g/mol. The fourth-order valence-electron chi connectivity index (χ4n) is 4.83. The van der Waals surface area contributed by atoms with Crippen molar-refractivity contribution in [3.63, 3.8) is 0 Å². The molecule has 2 aromatic rings. The van der Waals surface area contributed by atoms with E-state index in [1.165, 1.54) is 6.42 Å². The second-order valence-corrected chi connectivity index (χ2v) is 9.30. The molecule has 1 aliphatic carbocycles. The number of nitrogens with one attached hydrogen (secondary N) is 1. The van der Waals surface area contributed by atoms with Gasteiger partial charge in [-0.1, -0.05) is 51.0 Å². The molecule has 4 nitrogen and oxygen atoms in total. The van der Waals surface area contributed by atoms with Gasteiger partial charge in [0.25, 0.3) is 5.91 Å². The zero-order valence-corrected chi connectivity index (χ0v) is 17.5.